The number of aromatic nitrogens is 1. The van der Waals surface area contributed by atoms with E-state index in [1.165, 1.54) is 12.3 Å². The quantitative estimate of drug-likeness (QED) is 0.532. The van der Waals surface area contributed by atoms with Gasteiger partial charge in [0.25, 0.3) is 0 Å². The second-order valence-electron chi connectivity index (χ2n) is 3.33. The van der Waals surface area contributed by atoms with E-state index >= 15 is 0 Å². The summed E-state index contributed by atoms with van der Waals surface area (Å²) in [6.07, 6.45) is 9.00. The van der Waals surface area contributed by atoms with Gasteiger partial charge in [-0.25, -0.2) is 4.98 Å². The molecule has 2 nitrogen and oxygen atoms in total. The Morgan fingerprint density at radius 3 is 3.00 bits per heavy atom. The Labute approximate surface area is 82.4 Å². The summed E-state index contributed by atoms with van der Waals surface area (Å²) in [5.41, 5.74) is 0. The van der Waals surface area contributed by atoms with E-state index in [1.807, 2.05) is 6.08 Å². The zero-order chi connectivity index (χ0) is 9.80. The van der Waals surface area contributed by atoms with Crippen LogP contribution in [0.25, 0.3) is 0 Å². The highest BCUT2D eigenvalue weighted by Crippen LogP contribution is 2.17. The zero-order valence-electron chi connectivity index (χ0n) is 7.82. The Morgan fingerprint density at radius 2 is 2.36 bits per heavy atom. The van der Waals surface area contributed by atoms with Crippen LogP contribution in [0.1, 0.15) is 19.3 Å². The first-order valence-electron chi connectivity index (χ1n) is 4.79. The van der Waals surface area contributed by atoms with Crippen molar-refractivity contribution in [3.63, 3.8) is 0 Å². The van der Waals surface area contributed by atoms with Crippen LogP contribution in [0.5, 0.6) is 5.75 Å². The molecule has 0 amide bonds. The molecule has 0 bridgehead atoms. The van der Waals surface area contributed by atoms with Crippen molar-refractivity contribution in [1.29, 1.82) is 0 Å². The van der Waals surface area contributed by atoms with Crippen molar-refractivity contribution in [3.8, 4) is 5.75 Å². The third-order valence-corrected chi connectivity index (χ3v) is 2.20. The van der Waals surface area contributed by atoms with Gasteiger partial charge in [-0.3, -0.25) is 0 Å². The van der Waals surface area contributed by atoms with Gasteiger partial charge in [0.1, 0.15) is 11.9 Å². The Kier molecular flexibility index (Phi) is 2.77. The number of nitrogens with zero attached hydrogens (tertiary/aromatic N) is 1. The molecule has 1 unspecified atom stereocenters. The van der Waals surface area contributed by atoms with E-state index < -0.39 is 5.95 Å². The summed E-state index contributed by atoms with van der Waals surface area (Å²) in [4.78, 5) is 3.53. The fourth-order valence-electron chi connectivity index (χ4n) is 1.49. The smallest absolute Gasteiger partial charge is 0.213 e. The highest BCUT2D eigenvalue weighted by atomic mass is 19.1. The number of halogens is 1. The molecule has 1 aliphatic carbocycles. The van der Waals surface area contributed by atoms with E-state index in [9.17, 15) is 4.39 Å². The molecular weight excluding hydrogens is 181 g/mol. The van der Waals surface area contributed by atoms with Crippen LogP contribution in [0.15, 0.2) is 30.5 Å². The summed E-state index contributed by atoms with van der Waals surface area (Å²) in [5, 5.41) is 0. The van der Waals surface area contributed by atoms with Gasteiger partial charge in [-0.05, 0) is 37.5 Å². The number of ether oxygens (including phenoxy) is 1. The van der Waals surface area contributed by atoms with Gasteiger partial charge in [-0.2, -0.15) is 4.39 Å². The highest BCUT2D eigenvalue weighted by molar-refractivity contribution is 5.17. The summed E-state index contributed by atoms with van der Waals surface area (Å²) in [6.45, 7) is 0. The topological polar surface area (TPSA) is 22.1 Å². The fraction of sp³-hybridized carbons (Fsp3) is 0.364. The van der Waals surface area contributed by atoms with Gasteiger partial charge in [-0.15, -0.1) is 0 Å². The van der Waals surface area contributed by atoms with Crippen LogP contribution < -0.4 is 4.74 Å². The van der Waals surface area contributed by atoms with Crippen LogP contribution in [0.2, 0.25) is 0 Å². The molecule has 0 N–H and O–H groups in total. The summed E-state index contributed by atoms with van der Waals surface area (Å²) >= 11 is 0. The predicted octanol–water partition coefficient (Wildman–Crippen LogP) is 2.71. The number of rotatable bonds is 2. The number of hydrogen-bond acceptors (Lipinski definition) is 2. The molecule has 0 aromatic carbocycles. The molecular formula is C11H12FNO. The largest absolute Gasteiger partial charge is 0.485 e. The number of allylic oxidation sites excluding steroid dienone is 1. The Balaban J connectivity index is 1.99. The van der Waals surface area contributed by atoms with Crippen molar-refractivity contribution in [3.05, 3.63) is 36.4 Å². The molecule has 14 heavy (non-hydrogen) atoms. The summed E-state index contributed by atoms with van der Waals surface area (Å²) in [6, 6.07) is 2.91. The minimum Gasteiger partial charge on any atom is -0.485 e. The third kappa shape index (κ3) is 2.31. The van der Waals surface area contributed by atoms with Gasteiger partial charge < -0.3 is 4.74 Å². The van der Waals surface area contributed by atoms with E-state index in [0.29, 0.717) is 5.75 Å². The average Bonchev–Trinajstić information content (AvgIpc) is 2.23. The first-order valence-corrected chi connectivity index (χ1v) is 4.79. The van der Waals surface area contributed by atoms with Crippen molar-refractivity contribution >= 4 is 0 Å². The van der Waals surface area contributed by atoms with Crippen LogP contribution >= 0.6 is 0 Å². The van der Waals surface area contributed by atoms with Crippen LogP contribution in [-0.2, 0) is 0 Å². The molecule has 0 aliphatic heterocycles. The third-order valence-electron chi connectivity index (χ3n) is 2.20. The predicted molar refractivity (Wildman–Crippen MR) is 51.6 cm³/mol. The number of pyridine rings is 1. The molecule has 2 rings (SSSR count). The lowest BCUT2D eigenvalue weighted by molar-refractivity contribution is 0.228. The summed E-state index contributed by atoms with van der Waals surface area (Å²) < 4.78 is 18.1. The van der Waals surface area contributed by atoms with Crippen molar-refractivity contribution in [2.75, 3.05) is 0 Å². The van der Waals surface area contributed by atoms with Crippen LogP contribution in [0.3, 0.4) is 0 Å². The number of hydrogen-bond donors (Lipinski definition) is 0. The minimum absolute atomic E-state index is 0.121. The standard InChI is InChI=1S/C11H12FNO/c12-11-7-6-10(8-13-11)14-9-4-2-1-3-5-9/h2,4,6-9H,1,3,5H2. The molecule has 0 saturated carbocycles. The molecule has 0 radical (unpaired) electrons. The minimum atomic E-state index is -0.475. The van der Waals surface area contributed by atoms with Gasteiger partial charge in [0.15, 0.2) is 0 Å². The molecule has 3 heteroatoms. The summed E-state index contributed by atoms with van der Waals surface area (Å²) in [5.74, 6) is 0.152. The SMILES string of the molecule is Fc1ccc(OC2C=CCCC2)cn1. The van der Waals surface area contributed by atoms with Gasteiger partial charge >= 0.3 is 0 Å². The highest BCUT2D eigenvalue weighted by Gasteiger charge is 2.09. The lowest BCUT2D eigenvalue weighted by atomic mass is 10.1. The zero-order valence-corrected chi connectivity index (χ0v) is 7.82. The molecule has 0 spiro atoms. The van der Waals surface area contributed by atoms with E-state index in [-0.39, 0.29) is 6.10 Å². The first-order chi connectivity index (χ1) is 6.84. The van der Waals surface area contributed by atoms with Crippen LogP contribution in [0.4, 0.5) is 4.39 Å². The maximum Gasteiger partial charge on any atom is 0.213 e. The van der Waals surface area contributed by atoms with Crippen LogP contribution in [0, 0.1) is 5.95 Å². The molecule has 1 aromatic rings. The molecule has 1 aromatic heterocycles. The second-order valence-corrected chi connectivity index (χ2v) is 3.33. The molecule has 74 valence electrons. The normalized spacial score (nSPS) is 20.8. The van der Waals surface area contributed by atoms with E-state index in [4.69, 9.17) is 4.74 Å². The average molecular weight is 193 g/mol. The maximum absolute atomic E-state index is 12.5. The fourth-order valence-corrected chi connectivity index (χ4v) is 1.49. The monoisotopic (exact) mass is 193 g/mol. The lowest BCUT2D eigenvalue weighted by Gasteiger charge is -2.17. The molecule has 0 fully saturated rings. The lowest BCUT2D eigenvalue weighted by Crippen LogP contribution is -2.15. The van der Waals surface area contributed by atoms with Gasteiger partial charge in [0.2, 0.25) is 5.95 Å². The van der Waals surface area contributed by atoms with E-state index in [1.54, 1.807) is 6.07 Å². The molecule has 1 aliphatic rings. The van der Waals surface area contributed by atoms with Gasteiger partial charge in [0, 0.05) is 0 Å². The van der Waals surface area contributed by atoms with Crippen molar-refractivity contribution in [1.82, 2.24) is 4.98 Å². The first kappa shape index (κ1) is 9.19. The van der Waals surface area contributed by atoms with Crippen molar-refractivity contribution in [2.24, 2.45) is 0 Å². The maximum atomic E-state index is 12.5. The Bertz CT molecular complexity index is 321. The van der Waals surface area contributed by atoms with Gasteiger partial charge in [0.05, 0.1) is 6.20 Å². The van der Waals surface area contributed by atoms with Crippen molar-refractivity contribution < 1.29 is 9.13 Å². The Hall–Kier alpha value is -1.38. The van der Waals surface area contributed by atoms with E-state index in [2.05, 4.69) is 11.1 Å². The molecule has 1 heterocycles. The second kappa shape index (κ2) is 4.22. The van der Waals surface area contributed by atoms with E-state index in [0.717, 1.165) is 19.3 Å². The van der Waals surface area contributed by atoms with Crippen molar-refractivity contribution in [2.45, 2.75) is 25.4 Å². The molecule has 1 atom stereocenters. The Morgan fingerprint density at radius 1 is 1.43 bits per heavy atom. The van der Waals surface area contributed by atoms with Gasteiger partial charge in [-0.1, -0.05) is 6.08 Å². The molecule has 0 saturated heterocycles. The van der Waals surface area contributed by atoms with Crippen LogP contribution in [-0.4, -0.2) is 11.1 Å². The summed E-state index contributed by atoms with van der Waals surface area (Å²) in [7, 11) is 0.